The van der Waals surface area contributed by atoms with Crippen LogP contribution in [-0.4, -0.2) is 30.2 Å². The summed E-state index contributed by atoms with van der Waals surface area (Å²) in [5, 5.41) is 12.8. The number of hydrogen-bond acceptors (Lipinski definition) is 3. The van der Waals surface area contributed by atoms with Crippen molar-refractivity contribution in [2.24, 2.45) is 17.1 Å². The zero-order valence-electron chi connectivity index (χ0n) is 12.5. The molecule has 0 radical (unpaired) electrons. The monoisotopic (exact) mass is 270 g/mol. The summed E-state index contributed by atoms with van der Waals surface area (Å²) < 4.78 is 0. The lowest BCUT2D eigenvalue weighted by atomic mass is 9.84. The predicted octanol–water partition coefficient (Wildman–Crippen LogP) is 1.81. The third kappa shape index (κ3) is 6.39. The SMILES string of the molecule is CC(C)(CCN)CCC(=O)NCC1CCCCC1O. The number of amides is 1. The van der Waals surface area contributed by atoms with Gasteiger partial charge in [0.1, 0.15) is 0 Å². The minimum atomic E-state index is -0.234. The molecule has 1 aliphatic carbocycles. The van der Waals surface area contributed by atoms with Gasteiger partial charge in [-0.25, -0.2) is 0 Å². The van der Waals surface area contributed by atoms with E-state index in [1.165, 1.54) is 6.42 Å². The van der Waals surface area contributed by atoms with Crippen LogP contribution in [0.4, 0.5) is 0 Å². The zero-order valence-corrected chi connectivity index (χ0v) is 12.5. The minimum Gasteiger partial charge on any atom is -0.393 e. The highest BCUT2D eigenvalue weighted by atomic mass is 16.3. The summed E-state index contributed by atoms with van der Waals surface area (Å²) in [6, 6.07) is 0. The molecule has 1 saturated carbocycles. The van der Waals surface area contributed by atoms with E-state index in [1.807, 2.05) is 0 Å². The summed E-state index contributed by atoms with van der Waals surface area (Å²) in [7, 11) is 0. The van der Waals surface area contributed by atoms with E-state index in [0.717, 1.165) is 32.1 Å². The first-order valence-corrected chi connectivity index (χ1v) is 7.59. The maximum Gasteiger partial charge on any atom is 0.220 e. The van der Waals surface area contributed by atoms with Crippen LogP contribution in [0.1, 0.15) is 58.8 Å². The summed E-state index contributed by atoms with van der Waals surface area (Å²) in [4.78, 5) is 11.8. The molecule has 1 amide bonds. The number of rotatable bonds is 7. The molecular weight excluding hydrogens is 240 g/mol. The second-order valence-electron chi connectivity index (χ2n) is 6.62. The Morgan fingerprint density at radius 3 is 2.63 bits per heavy atom. The second kappa shape index (κ2) is 7.85. The minimum absolute atomic E-state index is 0.0999. The van der Waals surface area contributed by atoms with E-state index < -0.39 is 0 Å². The second-order valence-corrected chi connectivity index (χ2v) is 6.62. The maximum atomic E-state index is 11.8. The van der Waals surface area contributed by atoms with Gasteiger partial charge in [-0.2, -0.15) is 0 Å². The molecule has 0 aromatic carbocycles. The number of nitrogens with one attached hydrogen (secondary N) is 1. The number of hydrogen-bond donors (Lipinski definition) is 3. The predicted molar refractivity (Wildman–Crippen MR) is 77.7 cm³/mol. The Labute approximate surface area is 117 Å². The van der Waals surface area contributed by atoms with Crippen LogP contribution in [0.5, 0.6) is 0 Å². The first kappa shape index (κ1) is 16.4. The van der Waals surface area contributed by atoms with Gasteiger partial charge in [0, 0.05) is 18.9 Å². The molecular formula is C15H30N2O2. The molecule has 4 heteroatoms. The molecule has 0 aromatic rings. The van der Waals surface area contributed by atoms with Crippen molar-refractivity contribution >= 4 is 5.91 Å². The van der Waals surface area contributed by atoms with Crippen molar-refractivity contribution < 1.29 is 9.90 Å². The lowest BCUT2D eigenvalue weighted by Crippen LogP contribution is -2.37. The first-order valence-electron chi connectivity index (χ1n) is 7.59. The van der Waals surface area contributed by atoms with Crippen LogP contribution in [0, 0.1) is 11.3 Å². The Morgan fingerprint density at radius 2 is 2.00 bits per heavy atom. The first-order chi connectivity index (χ1) is 8.94. The number of nitrogens with two attached hydrogens (primary N) is 1. The fraction of sp³-hybridized carbons (Fsp3) is 0.933. The van der Waals surface area contributed by atoms with Crippen molar-refractivity contribution in [3.05, 3.63) is 0 Å². The number of aliphatic hydroxyl groups is 1. The van der Waals surface area contributed by atoms with Crippen LogP contribution in [0.2, 0.25) is 0 Å². The Kier molecular flexibility index (Phi) is 6.80. The third-order valence-electron chi connectivity index (χ3n) is 4.28. The molecule has 0 saturated heterocycles. The molecule has 0 aliphatic heterocycles. The molecule has 4 N–H and O–H groups in total. The van der Waals surface area contributed by atoms with E-state index >= 15 is 0 Å². The van der Waals surface area contributed by atoms with Gasteiger partial charge >= 0.3 is 0 Å². The van der Waals surface area contributed by atoms with E-state index in [1.54, 1.807) is 0 Å². The number of carbonyl (C=O) groups is 1. The summed E-state index contributed by atoms with van der Waals surface area (Å²) in [6.45, 7) is 5.59. The van der Waals surface area contributed by atoms with Gasteiger partial charge in [-0.15, -0.1) is 0 Å². The van der Waals surface area contributed by atoms with Crippen molar-refractivity contribution in [1.29, 1.82) is 0 Å². The number of carbonyl (C=O) groups excluding carboxylic acids is 1. The molecule has 0 bridgehead atoms. The van der Waals surface area contributed by atoms with Crippen LogP contribution in [0.25, 0.3) is 0 Å². The van der Waals surface area contributed by atoms with Crippen LogP contribution in [0.15, 0.2) is 0 Å². The van der Waals surface area contributed by atoms with E-state index in [9.17, 15) is 9.90 Å². The van der Waals surface area contributed by atoms with Crippen molar-refractivity contribution in [3.63, 3.8) is 0 Å². The van der Waals surface area contributed by atoms with Crippen molar-refractivity contribution in [2.45, 2.75) is 64.9 Å². The fourth-order valence-electron chi connectivity index (χ4n) is 2.73. The molecule has 112 valence electrons. The topological polar surface area (TPSA) is 75.4 Å². The average Bonchev–Trinajstić information content (AvgIpc) is 2.35. The fourth-order valence-corrected chi connectivity index (χ4v) is 2.73. The highest BCUT2D eigenvalue weighted by molar-refractivity contribution is 5.75. The standard InChI is InChI=1S/C15H30N2O2/c1-15(2,9-10-16)8-7-14(19)17-11-12-5-3-4-6-13(12)18/h12-13,18H,3-11,16H2,1-2H3,(H,17,19). The molecule has 2 unspecified atom stereocenters. The molecule has 4 nitrogen and oxygen atoms in total. The van der Waals surface area contributed by atoms with Gasteiger partial charge in [0.25, 0.3) is 0 Å². The van der Waals surface area contributed by atoms with Gasteiger partial charge in [-0.3, -0.25) is 4.79 Å². The largest absolute Gasteiger partial charge is 0.393 e. The van der Waals surface area contributed by atoms with Crippen LogP contribution < -0.4 is 11.1 Å². The maximum absolute atomic E-state index is 11.8. The van der Waals surface area contributed by atoms with Gasteiger partial charge in [0.15, 0.2) is 0 Å². The summed E-state index contributed by atoms with van der Waals surface area (Å²) in [5.74, 6) is 0.345. The smallest absolute Gasteiger partial charge is 0.220 e. The third-order valence-corrected chi connectivity index (χ3v) is 4.28. The normalized spacial score (nSPS) is 24.2. The zero-order chi connectivity index (χ0) is 14.3. The van der Waals surface area contributed by atoms with Gasteiger partial charge in [0.2, 0.25) is 5.91 Å². The van der Waals surface area contributed by atoms with Crippen molar-refractivity contribution in [2.75, 3.05) is 13.1 Å². The summed E-state index contributed by atoms with van der Waals surface area (Å²) in [5.41, 5.74) is 5.70. The van der Waals surface area contributed by atoms with Gasteiger partial charge in [0.05, 0.1) is 6.10 Å². The molecule has 19 heavy (non-hydrogen) atoms. The van der Waals surface area contributed by atoms with E-state index in [4.69, 9.17) is 5.73 Å². The highest BCUT2D eigenvalue weighted by Crippen LogP contribution is 2.26. The van der Waals surface area contributed by atoms with Crippen LogP contribution >= 0.6 is 0 Å². The van der Waals surface area contributed by atoms with Gasteiger partial charge in [-0.05, 0) is 37.6 Å². The molecule has 0 aromatic heterocycles. The molecule has 1 aliphatic rings. The van der Waals surface area contributed by atoms with Crippen LogP contribution in [0.3, 0.4) is 0 Å². The van der Waals surface area contributed by atoms with E-state index in [0.29, 0.717) is 19.5 Å². The Balaban J connectivity index is 2.20. The quantitative estimate of drug-likeness (QED) is 0.660. The molecule has 1 fully saturated rings. The Hall–Kier alpha value is -0.610. The lowest BCUT2D eigenvalue weighted by molar-refractivity contribution is -0.122. The Bertz CT molecular complexity index is 279. The summed E-state index contributed by atoms with van der Waals surface area (Å²) in [6.07, 6.45) is 6.31. The van der Waals surface area contributed by atoms with Gasteiger partial charge < -0.3 is 16.2 Å². The molecule has 2 atom stereocenters. The summed E-state index contributed by atoms with van der Waals surface area (Å²) >= 11 is 0. The van der Waals surface area contributed by atoms with Gasteiger partial charge in [-0.1, -0.05) is 26.7 Å². The molecule has 0 heterocycles. The average molecular weight is 270 g/mol. The lowest BCUT2D eigenvalue weighted by Gasteiger charge is -2.28. The van der Waals surface area contributed by atoms with E-state index in [-0.39, 0.29) is 23.3 Å². The highest BCUT2D eigenvalue weighted by Gasteiger charge is 2.24. The Morgan fingerprint density at radius 1 is 1.32 bits per heavy atom. The van der Waals surface area contributed by atoms with Crippen LogP contribution in [-0.2, 0) is 4.79 Å². The van der Waals surface area contributed by atoms with Crippen molar-refractivity contribution in [3.8, 4) is 0 Å². The number of aliphatic hydroxyl groups excluding tert-OH is 1. The van der Waals surface area contributed by atoms with E-state index in [2.05, 4.69) is 19.2 Å². The molecule has 0 spiro atoms. The van der Waals surface area contributed by atoms with Crippen molar-refractivity contribution in [1.82, 2.24) is 5.32 Å². The molecule has 1 rings (SSSR count).